The fraction of sp³-hybridized carbons (Fsp3) is 0.350. The zero-order chi connectivity index (χ0) is 20.1. The van der Waals surface area contributed by atoms with E-state index in [0.29, 0.717) is 28.5 Å². The molecule has 0 bridgehead atoms. The zero-order valence-electron chi connectivity index (χ0n) is 15.9. The molecule has 8 heteroatoms. The highest BCUT2D eigenvalue weighted by Gasteiger charge is 2.19. The van der Waals surface area contributed by atoms with E-state index in [-0.39, 0.29) is 22.9 Å². The van der Waals surface area contributed by atoms with E-state index in [1.807, 2.05) is 18.7 Å². The minimum atomic E-state index is -0.505. The standard InChI is InChI=1S/C20H22FN3O2S2/c1-3-10-23(11-4-2)17(25)13-28-20-22-15-9-12-27-18(15)19(26)24(20)16-8-6-5-7-14(16)21/h5-9,12H,3-4,10-11,13H2,1-2H3. The van der Waals surface area contributed by atoms with Crippen molar-refractivity contribution in [3.8, 4) is 5.69 Å². The van der Waals surface area contributed by atoms with Gasteiger partial charge in [0, 0.05) is 13.1 Å². The van der Waals surface area contributed by atoms with Crippen molar-refractivity contribution in [2.45, 2.75) is 31.8 Å². The molecule has 0 saturated carbocycles. The molecule has 28 heavy (non-hydrogen) atoms. The number of halogens is 1. The van der Waals surface area contributed by atoms with Gasteiger partial charge in [0.15, 0.2) is 5.16 Å². The Morgan fingerprint density at radius 1 is 1.21 bits per heavy atom. The Kier molecular flexibility index (Phi) is 6.85. The summed E-state index contributed by atoms with van der Waals surface area (Å²) in [6.45, 7) is 5.46. The average Bonchev–Trinajstić information content (AvgIpc) is 3.16. The Labute approximate surface area is 171 Å². The van der Waals surface area contributed by atoms with Crippen molar-refractivity contribution < 1.29 is 9.18 Å². The van der Waals surface area contributed by atoms with Gasteiger partial charge in [0.2, 0.25) is 5.91 Å². The second-order valence-corrected chi connectivity index (χ2v) is 8.15. The molecule has 0 saturated heterocycles. The van der Waals surface area contributed by atoms with Crippen LogP contribution < -0.4 is 5.56 Å². The molecule has 0 spiro atoms. The average molecular weight is 420 g/mol. The van der Waals surface area contributed by atoms with Crippen LogP contribution in [0.15, 0.2) is 45.7 Å². The number of thioether (sulfide) groups is 1. The van der Waals surface area contributed by atoms with Crippen molar-refractivity contribution in [1.29, 1.82) is 0 Å². The van der Waals surface area contributed by atoms with Crippen LogP contribution in [0.2, 0.25) is 0 Å². The summed E-state index contributed by atoms with van der Waals surface area (Å²) in [4.78, 5) is 32.0. The molecule has 0 aliphatic rings. The van der Waals surface area contributed by atoms with Gasteiger partial charge < -0.3 is 4.90 Å². The molecule has 0 aliphatic carbocycles. The predicted molar refractivity (Wildman–Crippen MR) is 113 cm³/mol. The Morgan fingerprint density at radius 3 is 2.61 bits per heavy atom. The summed E-state index contributed by atoms with van der Waals surface area (Å²) in [6.07, 6.45) is 1.77. The Hall–Kier alpha value is -2.19. The number of nitrogens with zero attached hydrogens (tertiary/aromatic N) is 3. The molecular weight excluding hydrogens is 397 g/mol. The number of aromatic nitrogens is 2. The SMILES string of the molecule is CCCN(CCC)C(=O)CSc1nc2ccsc2c(=O)n1-c1ccccc1F. The lowest BCUT2D eigenvalue weighted by Gasteiger charge is -2.21. The molecule has 1 aromatic carbocycles. The second kappa shape index (κ2) is 9.34. The maximum atomic E-state index is 14.4. The Morgan fingerprint density at radius 2 is 1.93 bits per heavy atom. The molecule has 5 nitrogen and oxygen atoms in total. The van der Waals surface area contributed by atoms with Crippen LogP contribution in [0.3, 0.4) is 0 Å². The topological polar surface area (TPSA) is 55.2 Å². The van der Waals surface area contributed by atoms with Gasteiger partial charge in [0.25, 0.3) is 5.56 Å². The third-order valence-corrected chi connectivity index (χ3v) is 6.02. The summed E-state index contributed by atoms with van der Waals surface area (Å²) in [7, 11) is 0. The third-order valence-electron chi connectivity index (χ3n) is 4.21. The quantitative estimate of drug-likeness (QED) is 0.403. The summed E-state index contributed by atoms with van der Waals surface area (Å²) in [6, 6.07) is 7.87. The number of carbonyl (C=O) groups excluding carboxylic acids is 1. The van der Waals surface area contributed by atoms with Crippen LogP contribution in [0.4, 0.5) is 4.39 Å². The highest BCUT2D eigenvalue weighted by atomic mass is 32.2. The fourth-order valence-corrected chi connectivity index (χ4v) is 4.62. The largest absolute Gasteiger partial charge is 0.342 e. The highest BCUT2D eigenvalue weighted by molar-refractivity contribution is 7.99. The number of amides is 1. The van der Waals surface area contributed by atoms with E-state index in [4.69, 9.17) is 0 Å². The van der Waals surface area contributed by atoms with Crippen LogP contribution in [-0.4, -0.2) is 39.2 Å². The molecule has 0 atom stereocenters. The molecule has 0 fully saturated rings. The summed E-state index contributed by atoms with van der Waals surface area (Å²) in [5.41, 5.74) is 0.389. The molecule has 0 N–H and O–H groups in total. The minimum Gasteiger partial charge on any atom is -0.342 e. The molecule has 2 heterocycles. The van der Waals surface area contributed by atoms with Crippen molar-refractivity contribution in [2.75, 3.05) is 18.8 Å². The number of thiophene rings is 1. The van der Waals surface area contributed by atoms with Gasteiger partial charge in [-0.3, -0.25) is 14.2 Å². The van der Waals surface area contributed by atoms with Crippen molar-refractivity contribution in [1.82, 2.24) is 14.5 Å². The normalized spacial score (nSPS) is 11.1. The molecule has 148 valence electrons. The number of rotatable bonds is 8. The van der Waals surface area contributed by atoms with Gasteiger partial charge >= 0.3 is 0 Å². The molecule has 3 aromatic rings. The molecule has 0 unspecified atom stereocenters. The van der Waals surface area contributed by atoms with Crippen LogP contribution in [-0.2, 0) is 4.79 Å². The Bertz CT molecular complexity index is 1030. The van der Waals surface area contributed by atoms with E-state index >= 15 is 0 Å². The first kappa shape index (κ1) is 20.5. The van der Waals surface area contributed by atoms with Crippen LogP contribution in [0.5, 0.6) is 0 Å². The van der Waals surface area contributed by atoms with E-state index in [9.17, 15) is 14.0 Å². The molecular formula is C20H22FN3O2S2. The first-order valence-corrected chi connectivity index (χ1v) is 11.1. The highest BCUT2D eigenvalue weighted by Crippen LogP contribution is 2.25. The summed E-state index contributed by atoms with van der Waals surface area (Å²) < 4.78 is 16.2. The van der Waals surface area contributed by atoms with Gasteiger partial charge in [-0.2, -0.15) is 0 Å². The number of para-hydroxylation sites is 1. The van der Waals surface area contributed by atoms with Gasteiger partial charge in [-0.15, -0.1) is 11.3 Å². The van der Waals surface area contributed by atoms with Gasteiger partial charge in [-0.05, 0) is 36.4 Å². The number of fused-ring (bicyclic) bond motifs is 1. The first-order valence-electron chi connectivity index (χ1n) is 9.22. The predicted octanol–water partition coefficient (Wildman–Crippen LogP) is 4.33. The smallest absolute Gasteiger partial charge is 0.276 e. The van der Waals surface area contributed by atoms with Gasteiger partial charge in [0.1, 0.15) is 10.5 Å². The number of benzene rings is 1. The molecule has 0 aliphatic heterocycles. The maximum absolute atomic E-state index is 14.4. The maximum Gasteiger partial charge on any atom is 0.276 e. The van der Waals surface area contributed by atoms with E-state index in [1.54, 1.807) is 29.6 Å². The molecule has 1 amide bonds. The first-order chi connectivity index (χ1) is 13.6. The summed E-state index contributed by atoms with van der Waals surface area (Å²) in [5, 5.41) is 2.11. The summed E-state index contributed by atoms with van der Waals surface area (Å²) >= 11 is 2.45. The van der Waals surface area contributed by atoms with E-state index in [1.165, 1.54) is 33.7 Å². The lowest BCUT2D eigenvalue weighted by Crippen LogP contribution is -2.34. The number of hydrogen-bond donors (Lipinski definition) is 0. The van der Waals surface area contributed by atoms with Crippen LogP contribution in [0.25, 0.3) is 15.9 Å². The molecule has 2 aromatic heterocycles. The van der Waals surface area contributed by atoms with Crippen LogP contribution in [0.1, 0.15) is 26.7 Å². The molecule has 3 rings (SSSR count). The van der Waals surface area contributed by atoms with Gasteiger partial charge in [-0.25, -0.2) is 9.37 Å². The van der Waals surface area contributed by atoms with Crippen molar-refractivity contribution in [3.63, 3.8) is 0 Å². The fourth-order valence-electron chi connectivity index (χ4n) is 2.95. The van der Waals surface area contributed by atoms with E-state index in [0.717, 1.165) is 12.8 Å². The number of carbonyl (C=O) groups is 1. The minimum absolute atomic E-state index is 0.00607. The van der Waals surface area contributed by atoms with Crippen molar-refractivity contribution in [3.05, 3.63) is 51.9 Å². The van der Waals surface area contributed by atoms with Gasteiger partial charge in [0.05, 0.1) is 17.0 Å². The second-order valence-electron chi connectivity index (χ2n) is 6.29. The zero-order valence-corrected chi connectivity index (χ0v) is 17.5. The molecule has 0 radical (unpaired) electrons. The van der Waals surface area contributed by atoms with E-state index < -0.39 is 5.82 Å². The lowest BCUT2D eigenvalue weighted by atomic mass is 10.3. The summed E-state index contributed by atoms with van der Waals surface area (Å²) in [5.74, 6) is -0.362. The van der Waals surface area contributed by atoms with Crippen LogP contribution >= 0.6 is 23.1 Å². The number of hydrogen-bond acceptors (Lipinski definition) is 5. The monoisotopic (exact) mass is 419 g/mol. The van der Waals surface area contributed by atoms with E-state index in [2.05, 4.69) is 4.98 Å². The van der Waals surface area contributed by atoms with Crippen LogP contribution in [0, 0.1) is 5.82 Å². The van der Waals surface area contributed by atoms with Crippen molar-refractivity contribution >= 4 is 39.2 Å². The van der Waals surface area contributed by atoms with Gasteiger partial charge in [-0.1, -0.05) is 37.7 Å². The van der Waals surface area contributed by atoms with Crippen molar-refractivity contribution in [2.24, 2.45) is 0 Å². The lowest BCUT2D eigenvalue weighted by molar-refractivity contribution is -0.128. The Balaban J connectivity index is 1.98. The third kappa shape index (κ3) is 4.28.